The first-order valence-electron chi connectivity index (χ1n) is 11.5. The van der Waals surface area contributed by atoms with Crippen LogP contribution in [-0.4, -0.2) is 56.4 Å². The van der Waals surface area contributed by atoms with E-state index in [0.29, 0.717) is 39.1 Å². The van der Waals surface area contributed by atoms with Crippen molar-refractivity contribution in [3.05, 3.63) is 52.0 Å². The zero-order valence-corrected chi connectivity index (χ0v) is 20.6. The third kappa shape index (κ3) is 4.02. The standard InChI is InChI=1S/C24H24BrF3N4O3/c1-22(33)7-16(8-22)32-13-30-19-6-17(5-18(20(19)32)24(26,27)28)34-3-2-31-11-23(12-31)21-14(10-35-23)4-15(25)9-29-21/h4-6,9,13,16,33H,2-3,7-8,10-12H2,1H3. The van der Waals surface area contributed by atoms with Crippen molar-refractivity contribution in [2.75, 3.05) is 26.2 Å². The molecule has 3 aliphatic rings. The molecule has 0 atom stereocenters. The molecule has 4 heterocycles. The van der Waals surface area contributed by atoms with E-state index in [1.807, 2.05) is 6.07 Å². The molecule has 1 aromatic carbocycles. The van der Waals surface area contributed by atoms with E-state index in [-0.39, 0.29) is 29.4 Å². The van der Waals surface area contributed by atoms with Crippen LogP contribution in [0.15, 0.2) is 35.2 Å². The molecule has 7 nitrogen and oxygen atoms in total. The number of alkyl halides is 3. The SMILES string of the molecule is CC1(O)CC(n2cnc3cc(OCCN4CC5(C4)OCc4cc(Br)cnc45)cc(C(F)(F)F)c32)C1. The van der Waals surface area contributed by atoms with Gasteiger partial charge in [0.15, 0.2) is 0 Å². The number of hydrogen-bond donors (Lipinski definition) is 1. The molecule has 1 spiro atoms. The van der Waals surface area contributed by atoms with Gasteiger partial charge in [-0.1, -0.05) is 0 Å². The summed E-state index contributed by atoms with van der Waals surface area (Å²) >= 11 is 3.43. The molecular weight excluding hydrogens is 529 g/mol. The minimum absolute atomic E-state index is 0.0335. The third-order valence-electron chi connectivity index (χ3n) is 7.20. The Morgan fingerprint density at radius 3 is 2.71 bits per heavy atom. The minimum Gasteiger partial charge on any atom is -0.492 e. The molecule has 2 fully saturated rings. The third-order valence-corrected chi connectivity index (χ3v) is 7.63. The summed E-state index contributed by atoms with van der Waals surface area (Å²) in [6.07, 6.45) is -0.571. The van der Waals surface area contributed by atoms with Crippen LogP contribution >= 0.6 is 15.9 Å². The van der Waals surface area contributed by atoms with Gasteiger partial charge in [0.05, 0.1) is 40.8 Å². The molecule has 0 radical (unpaired) electrons. The van der Waals surface area contributed by atoms with Crippen molar-refractivity contribution in [2.24, 2.45) is 0 Å². The van der Waals surface area contributed by atoms with Crippen LogP contribution in [0.25, 0.3) is 11.0 Å². The Hall–Kier alpha value is -2.21. The Labute approximate surface area is 208 Å². The highest BCUT2D eigenvalue weighted by molar-refractivity contribution is 9.10. The Morgan fingerprint density at radius 2 is 2.00 bits per heavy atom. The topological polar surface area (TPSA) is 72.6 Å². The number of aromatic nitrogens is 3. The van der Waals surface area contributed by atoms with E-state index in [4.69, 9.17) is 9.47 Å². The van der Waals surface area contributed by atoms with Gasteiger partial charge in [0, 0.05) is 48.0 Å². The summed E-state index contributed by atoms with van der Waals surface area (Å²) in [7, 11) is 0. The van der Waals surface area contributed by atoms with E-state index >= 15 is 0 Å². The van der Waals surface area contributed by atoms with E-state index < -0.39 is 22.9 Å². The second kappa shape index (κ2) is 7.89. The van der Waals surface area contributed by atoms with E-state index in [1.165, 1.54) is 10.9 Å². The van der Waals surface area contributed by atoms with Crippen molar-refractivity contribution < 1.29 is 27.8 Å². The fraction of sp³-hybridized carbons (Fsp3) is 0.500. The number of hydrogen-bond acceptors (Lipinski definition) is 6. The molecule has 0 amide bonds. The van der Waals surface area contributed by atoms with E-state index in [1.54, 1.807) is 19.2 Å². The van der Waals surface area contributed by atoms with Crippen molar-refractivity contribution in [1.82, 2.24) is 19.4 Å². The number of imidazole rings is 1. The number of nitrogens with zero attached hydrogens (tertiary/aromatic N) is 4. The van der Waals surface area contributed by atoms with Gasteiger partial charge in [-0.25, -0.2) is 4.98 Å². The highest BCUT2D eigenvalue weighted by Gasteiger charge is 2.51. The summed E-state index contributed by atoms with van der Waals surface area (Å²) in [4.78, 5) is 10.9. The number of halogens is 4. The number of rotatable bonds is 5. The van der Waals surface area contributed by atoms with Gasteiger partial charge < -0.3 is 19.1 Å². The first-order chi connectivity index (χ1) is 16.5. The maximum Gasteiger partial charge on any atom is 0.418 e. The highest BCUT2D eigenvalue weighted by atomic mass is 79.9. The summed E-state index contributed by atoms with van der Waals surface area (Å²) in [5.41, 5.74) is 0.275. The molecular formula is C24H24BrF3N4O3. The van der Waals surface area contributed by atoms with Gasteiger partial charge >= 0.3 is 6.18 Å². The van der Waals surface area contributed by atoms with Crippen LogP contribution in [0.3, 0.4) is 0 Å². The molecule has 35 heavy (non-hydrogen) atoms. The van der Waals surface area contributed by atoms with Gasteiger partial charge in [0.1, 0.15) is 18.0 Å². The van der Waals surface area contributed by atoms with Crippen LogP contribution in [0.1, 0.15) is 42.6 Å². The molecule has 0 unspecified atom stereocenters. The summed E-state index contributed by atoms with van der Waals surface area (Å²) in [5.74, 6) is 0.139. The summed E-state index contributed by atoms with van der Waals surface area (Å²) in [5, 5.41) is 10.0. The zero-order valence-electron chi connectivity index (χ0n) is 19.0. The number of ether oxygens (including phenoxy) is 2. The molecule has 1 saturated heterocycles. The van der Waals surface area contributed by atoms with E-state index in [2.05, 4.69) is 30.8 Å². The van der Waals surface area contributed by atoms with Gasteiger partial charge in [-0.05, 0) is 47.8 Å². The number of likely N-dealkylation sites (tertiary alicyclic amines) is 1. The quantitative estimate of drug-likeness (QED) is 0.505. The molecule has 6 rings (SSSR count). The minimum atomic E-state index is -4.55. The summed E-state index contributed by atoms with van der Waals surface area (Å²) in [6, 6.07) is 4.41. The van der Waals surface area contributed by atoms with Gasteiger partial charge in [-0.15, -0.1) is 0 Å². The maximum absolute atomic E-state index is 13.9. The molecule has 2 aliphatic heterocycles. The van der Waals surface area contributed by atoms with Crippen LogP contribution in [0.4, 0.5) is 13.2 Å². The lowest BCUT2D eigenvalue weighted by Gasteiger charge is -2.46. The van der Waals surface area contributed by atoms with E-state index in [0.717, 1.165) is 21.8 Å². The van der Waals surface area contributed by atoms with Gasteiger partial charge in [0.2, 0.25) is 0 Å². The molecule has 1 aliphatic carbocycles. The lowest BCUT2D eigenvalue weighted by molar-refractivity contribution is -0.145. The van der Waals surface area contributed by atoms with Crippen molar-refractivity contribution in [3.63, 3.8) is 0 Å². The average Bonchev–Trinajstić information content (AvgIpc) is 3.32. The van der Waals surface area contributed by atoms with Crippen LogP contribution < -0.4 is 4.74 Å². The average molecular weight is 553 g/mol. The fourth-order valence-electron chi connectivity index (χ4n) is 5.53. The van der Waals surface area contributed by atoms with Crippen molar-refractivity contribution >= 4 is 27.0 Å². The Bertz CT molecular complexity index is 1300. The van der Waals surface area contributed by atoms with Crippen molar-refractivity contribution in [2.45, 2.75) is 49.8 Å². The molecule has 0 bridgehead atoms. The summed E-state index contributed by atoms with van der Waals surface area (Å²) < 4.78 is 56.1. The maximum atomic E-state index is 13.9. The largest absolute Gasteiger partial charge is 0.492 e. The zero-order chi connectivity index (χ0) is 24.6. The van der Waals surface area contributed by atoms with Crippen LogP contribution in [0.2, 0.25) is 0 Å². The van der Waals surface area contributed by atoms with Crippen LogP contribution in [0, 0.1) is 0 Å². The molecule has 2 aromatic heterocycles. The number of pyridine rings is 1. The first-order valence-corrected chi connectivity index (χ1v) is 12.3. The van der Waals surface area contributed by atoms with Gasteiger partial charge in [-0.3, -0.25) is 9.88 Å². The molecule has 11 heteroatoms. The number of benzene rings is 1. The number of fused-ring (bicyclic) bond motifs is 3. The second-order valence-corrected chi connectivity index (χ2v) is 11.0. The first kappa shape index (κ1) is 23.2. The second-order valence-electron chi connectivity index (χ2n) is 10.1. The lowest BCUT2D eigenvalue weighted by Crippen LogP contribution is -2.60. The van der Waals surface area contributed by atoms with Crippen LogP contribution in [0.5, 0.6) is 5.75 Å². The monoisotopic (exact) mass is 552 g/mol. The molecule has 1 saturated carbocycles. The van der Waals surface area contributed by atoms with Gasteiger partial charge in [-0.2, -0.15) is 13.2 Å². The van der Waals surface area contributed by atoms with Gasteiger partial charge in [0.25, 0.3) is 0 Å². The molecule has 3 aromatic rings. The normalized spacial score (nSPS) is 25.5. The Kier molecular flexibility index (Phi) is 5.23. The number of aliphatic hydroxyl groups is 1. The summed E-state index contributed by atoms with van der Waals surface area (Å²) in [6.45, 7) is 4.35. The Balaban J connectivity index is 1.13. The van der Waals surface area contributed by atoms with E-state index in [9.17, 15) is 18.3 Å². The lowest BCUT2D eigenvalue weighted by atomic mass is 9.77. The molecule has 186 valence electrons. The highest BCUT2D eigenvalue weighted by Crippen LogP contribution is 2.45. The van der Waals surface area contributed by atoms with Crippen LogP contribution in [-0.2, 0) is 23.1 Å². The van der Waals surface area contributed by atoms with Crippen molar-refractivity contribution in [1.29, 1.82) is 0 Å². The van der Waals surface area contributed by atoms with Crippen molar-refractivity contribution in [3.8, 4) is 5.75 Å². The fourth-order valence-corrected chi connectivity index (χ4v) is 5.91. The smallest absolute Gasteiger partial charge is 0.418 e. The predicted molar refractivity (Wildman–Crippen MR) is 124 cm³/mol. The molecule has 1 N–H and O–H groups in total. The predicted octanol–water partition coefficient (Wildman–Crippen LogP) is 4.42. The Morgan fingerprint density at radius 1 is 1.23 bits per heavy atom.